The van der Waals surface area contributed by atoms with Gasteiger partial charge in [-0.1, -0.05) is 12.1 Å². The van der Waals surface area contributed by atoms with E-state index in [4.69, 9.17) is 0 Å². The van der Waals surface area contributed by atoms with E-state index in [0.717, 1.165) is 21.5 Å². The number of aromatic nitrogens is 2. The van der Waals surface area contributed by atoms with Gasteiger partial charge in [-0.2, -0.15) is 0 Å². The van der Waals surface area contributed by atoms with Crippen molar-refractivity contribution in [2.75, 3.05) is 0 Å². The summed E-state index contributed by atoms with van der Waals surface area (Å²) in [5, 5.41) is 9.74. The Bertz CT molecular complexity index is 1120. The predicted octanol–water partition coefficient (Wildman–Crippen LogP) is 2.77. The fourth-order valence-corrected chi connectivity index (χ4v) is 4.37. The van der Waals surface area contributed by atoms with Gasteiger partial charge >= 0.3 is 11.7 Å². The highest BCUT2D eigenvalue weighted by Crippen LogP contribution is 2.31. The molecule has 6 nitrogen and oxygen atoms in total. The zero-order valence-electron chi connectivity index (χ0n) is 14.4. The highest BCUT2D eigenvalue weighted by atomic mass is 32.1. The molecule has 136 valence electrons. The summed E-state index contributed by atoms with van der Waals surface area (Å²) >= 11 is 1.12. The maximum Gasteiger partial charge on any atom is 0.337 e. The highest BCUT2D eigenvalue weighted by Gasteiger charge is 2.25. The van der Waals surface area contributed by atoms with Crippen molar-refractivity contribution in [3.8, 4) is 0 Å². The molecule has 0 atom stereocenters. The molecule has 0 unspecified atom stereocenters. The second-order valence-corrected chi connectivity index (χ2v) is 7.38. The van der Waals surface area contributed by atoms with Crippen molar-refractivity contribution in [1.82, 2.24) is 9.13 Å². The van der Waals surface area contributed by atoms with E-state index in [9.17, 15) is 23.9 Å². The number of rotatable bonds is 4. The monoisotopic (exact) mass is 376 g/mol. The van der Waals surface area contributed by atoms with Gasteiger partial charge in [0.2, 0.25) is 0 Å². The smallest absolute Gasteiger partial charge is 0.337 e. The van der Waals surface area contributed by atoms with Crippen LogP contribution in [0.4, 0.5) is 4.39 Å². The molecule has 0 aliphatic carbocycles. The minimum atomic E-state index is -1.22. The molecule has 3 rings (SSSR count). The molecule has 0 spiro atoms. The zero-order chi connectivity index (χ0) is 19.2. The summed E-state index contributed by atoms with van der Waals surface area (Å²) in [4.78, 5) is 37.8. The summed E-state index contributed by atoms with van der Waals surface area (Å²) in [6.45, 7) is 3.59. The standard InChI is InChI=1S/C18H17FN2O4S/c1-9(2)21-16-14(15(22)20(3)18(21)25)13(17(23)24)12(26-16)8-10-4-6-11(19)7-5-10/h4-7,9H,8H2,1-3H3,(H,23,24). The molecule has 0 fully saturated rings. The minimum absolute atomic E-state index is 0.0374. The Morgan fingerprint density at radius 1 is 1.23 bits per heavy atom. The van der Waals surface area contributed by atoms with Gasteiger partial charge in [-0.25, -0.2) is 14.0 Å². The van der Waals surface area contributed by atoms with Crippen LogP contribution < -0.4 is 11.2 Å². The van der Waals surface area contributed by atoms with E-state index in [-0.39, 0.29) is 29.2 Å². The van der Waals surface area contributed by atoms with Crippen LogP contribution >= 0.6 is 11.3 Å². The number of carboxylic acid groups (broad SMARTS) is 1. The largest absolute Gasteiger partial charge is 0.478 e. The van der Waals surface area contributed by atoms with Gasteiger partial charge in [0.25, 0.3) is 5.56 Å². The van der Waals surface area contributed by atoms with Crippen LogP contribution in [0.1, 0.15) is 40.7 Å². The molecule has 0 saturated carbocycles. The van der Waals surface area contributed by atoms with Crippen molar-refractivity contribution >= 4 is 27.5 Å². The molecule has 0 aliphatic rings. The Kier molecular flexibility index (Phi) is 4.53. The van der Waals surface area contributed by atoms with E-state index in [1.165, 1.54) is 23.7 Å². The van der Waals surface area contributed by atoms with E-state index in [1.807, 2.05) is 0 Å². The fraction of sp³-hybridized carbons (Fsp3) is 0.278. The van der Waals surface area contributed by atoms with Crippen LogP contribution in [-0.4, -0.2) is 20.2 Å². The topological polar surface area (TPSA) is 81.3 Å². The summed E-state index contributed by atoms with van der Waals surface area (Å²) < 4.78 is 15.5. The Balaban J connectivity index is 2.35. The summed E-state index contributed by atoms with van der Waals surface area (Å²) in [5.74, 6) is -1.61. The van der Waals surface area contributed by atoms with Crippen LogP contribution in [-0.2, 0) is 13.5 Å². The third-order valence-corrected chi connectivity index (χ3v) is 5.39. The number of thiophene rings is 1. The first kappa shape index (κ1) is 18.1. The average molecular weight is 376 g/mol. The number of aromatic carboxylic acids is 1. The fourth-order valence-electron chi connectivity index (χ4n) is 2.93. The first-order valence-electron chi connectivity index (χ1n) is 7.97. The molecular formula is C18H17FN2O4S. The quantitative estimate of drug-likeness (QED) is 0.759. The van der Waals surface area contributed by atoms with Gasteiger partial charge in [-0.05, 0) is 31.5 Å². The summed E-state index contributed by atoms with van der Waals surface area (Å²) in [6.07, 6.45) is 0.233. The van der Waals surface area contributed by atoms with Crippen LogP contribution in [0, 0.1) is 5.82 Å². The third kappa shape index (κ3) is 2.86. The van der Waals surface area contributed by atoms with Gasteiger partial charge in [0, 0.05) is 24.4 Å². The van der Waals surface area contributed by atoms with Crippen LogP contribution in [0.3, 0.4) is 0 Å². The van der Waals surface area contributed by atoms with Crippen molar-refractivity contribution in [3.05, 3.63) is 66.9 Å². The number of hydrogen-bond acceptors (Lipinski definition) is 4. The normalized spacial score (nSPS) is 11.4. The van der Waals surface area contributed by atoms with Gasteiger partial charge in [-0.3, -0.25) is 13.9 Å². The first-order chi connectivity index (χ1) is 12.2. The number of nitrogens with zero attached hydrogens (tertiary/aromatic N) is 2. The number of benzene rings is 1. The number of carboxylic acids is 1. The van der Waals surface area contributed by atoms with Crippen LogP contribution in [0.25, 0.3) is 10.2 Å². The number of fused-ring (bicyclic) bond motifs is 1. The van der Waals surface area contributed by atoms with E-state index < -0.39 is 17.2 Å². The third-order valence-electron chi connectivity index (χ3n) is 4.20. The Morgan fingerprint density at radius 2 is 1.85 bits per heavy atom. The average Bonchev–Trinajstić information content (AvgIpc) is 2.93. The second kappa shape index (κ2) is 6.53. The summed E-state index contributed by atoms with van der Waals surface area (Å²) in [6, 6.07) is 5.49. The molecule has 0 bridgehead atoms. The molecule has 2 aromatic heterocycles. The van der Waals surface area contributed by atoms with Crippen molar-refractivity contribution in [2.24, 2.45) is 7.05 Å². The molecule has 1 N–H and O–H groups in total. The van der Waals surface area contributed by atoms with Gasteiger partial charge in [0.15, 0.2) is 0 Å². The van der Waals surface area contributed by atoms with Crippen LogP contribution in [0.2, 0.25) is 0 Å². The lowest BCUT2D eigenvalue weighted by Gasteiger charge is -2.12. The molecule has 0 amide bonds. The van der Waals surface area contributed by atoms with E-state index in [0.29, 0.717) is 9.71 Å². The summed E-state index contributed by atoms with van der Waals surface area (Å²) in [5.41, 5.74) is -0.482. The molecule has 0 radical (unpaired) electrons. The molecule has 26 heavy (non-hydrogen) atoms. The maximum absolute atomic E-state index is 13.1. The van der Waals surface area contributed by atoms with Gasteiger partial charge in [0.1, 0.15) is 10.6 Å². The maximum atomic E-state index is 13.1. The molecule has 1 aromatic carbocycles. The number of halogens is 1. The van der Waals surface area contributed by atoms with E-state index in [2.05, 4.69) is 0 Å². The van der Waals surface area contributed by atoms with Crippen LogP contribution in [0.15, 0.2) is 33.9 Å². The Hall–Kier alpha value is -2.74. The van der Waals surface area contributed by atoms with E-state index in [1.54, 1.807) is 26.0 Å². The van der Waals surface area contributed by atoms with Crippen molar-refractivity contribution in [2.45, 2.75) is 26.3 Å². The number of hydrogen-bond donors (Lipinski definition) is 1. The van der Waals surface area contributed by atoms with Gasteiger partial charge in [0.05, 0.1) is 10.9 Å². The Labute approximate surface area is 151 Å². The molecule has 2 heterocycles. The summed E-state index contributed by atoms with van der Waals surface area (Å²) in [7, 11) is 1.34. The highest BCUT2D eigenvalue weighted by molar-refractivity contribution is 7.19. The minimum Gasteiger partial charge on any atom is -0.478 e. The first-order valence-corrected chi connectivity index (χ1v) is 8.78. The van der Waals surface area contributed by atoms with Gasteiger partial charge in [-0.15, -0.1) is 11.3 Å². The lowest BCUT2D eigenvalue weighted by atomic mass is 10.1. The predicted molar refractivity (Wildman–Crippen MR) is 97.9 cm³/mol. The molecular weight excluding hydrogens is 359 g/mol. The van der Waals surface area contributed by atoms with Crippen molar-refractivity contribution in [3.63, 3.8) is 0 Å². The lowest BCUT2D eigenvalue weighted by molar-refractivity contribution is 0.0698. The van der Waals surface area contributed by atoms with Gasteiger partial charge < -0.3 is 5.11 Å². The second-order valence-electron chi connectivity index (χ2n) is 6.30. The lowest BCUT2D eigenvalue weighted by Crippen LogP contribution is -2.38. The molecule has 8 heteroatoms. The molecule has 3 aromatic rings. The Morgan fingerprint density at radius 3 is 2.38 bits per heavy atom. The SMILES string of the molecule is CC(C)n1c(=O)n(C)c(=O)c2c(C(=O)O)c(Cc3ccc(F)cc3)sc21. The van der Waals surface area contributed by atoms with Crippen LogP contribution in [0.5, 0.6) is 0 Å². The van der Waals surface area contributed by atoms with Crippen molar-refractivity contribution < 1.29 is 14.3 Å². The van der Waals surface area contributed by atoms with Crippen molar-refractivity contribution in [1.29, 1.82) is 0 Å². The number of carbonyl (C=O) groups is 1. The molecule has 0 saturated heterocycles. The zero-order valence-corrected chi connectivity index (χ0v) is 15.3. The van der Waals surface area contributed by atoms with E-state index >= 15 is 0 Å². The molecule has 0 aliphatic heterocycles.